The minimum atomic E-state index is 0.0557. The van der Waals surface area contributed by atoms with E-state index in [-0.39, 0.29) is 12.7 Å². The lowest BCUT2D eigenvalue weighted by Gasteiger charge is -2.42. The highest BCUT2D eigenvalue weighted by molar-refractivity contribution is 4.86. The highest BCUT2D eigenvalue weighted by Crippen LogP contribution is 2.41. The lowest BCUT2D eigenvalue weighted by atomic mass is 9.66. The molecule has 96 valence electrons. The average molecular weight is 228 g/mol. The van der Waals surface area contributed by atoms with Crippen LogP contribution in [0.25, 0.3) is 0 Å². The van der Waals surface area contributed by atoms with Crippen LogP contribution in [0.5, 0.6) is 0 Å². The summed E-state index contributed by atoms with van der Waals surface area (Å²) in [5.41, 5.74) is 0. The normalized spacial score (nSPS) is 33.0. The van der Waals surface area contributed by atoms with Crippen LogP contribution in [0.15, 0.2) is 0 Å². The molecule has 1 rings (SSSR count). The van der Waals surface area contributed by atoms with Crippen molar-refractivity contribution in [2.45, 2.75) is 53.1 Å². The van der Waals surface area contributed by atoms with Gasteiger partial charge in [0.2, 0.25) is 0 Å². The number of aliphatic hydroxyl groups excluding tert-OH is 1. The molecule has 1 saturated carbocycles. The first kappa shape index (κ1) is 14.0. The summed E-state index contributed by atoms with van der Waals surface area (Å²) in [5, 5.41) is 9.47. The molecule has 0 spiro atoms. The van der Waals surface area contributed by atoms with Gasteiger partial charge in [0.15, 0.2) is 0 Å². The molecule has 0 aromatic carbocycles. The summed E-state index contributed by atoms with van der Waals surface area (Å²) in [4.78, 5) is 0. The van der Waals surface area contributed by atoms with Crippen molar-refractivity contribution in [3.05, 3.63) is 0 Å². The van der Waals surface area contributed by atoms with E-state index in [1.165, 1.54) is 19.3 Å². The number of hydrogen-bond acceptors (Lipinski definition) is 2. The molecule has 1 aliphatic rings. The molecule has 0 radical (unpaired) electrons. The molecular weight excluding hydrogens is 200 g/mol. The molecule has 1 fully saturated rings. The highest BCUT2D eigenvalue weighted by atomic mass is 16.5. The summed E-state index contributed by atoms with van der Waals surface area (Å²) in [5.74, 6) is 2.72. The molecule has 1 N–H and O–H groups in total. The van der Waals surface area contributed by atoms with Gasteiger partial charge in [-0.15, -0.1) is 0 Å². The van der Waals surface area contributed by atoms with Crippen LogP contribution in [-0.2, 0) is 4.74 Å². The summed E-state index contributed by atoms with van der Waals surface area (Å²) in [6.07, 6.45) is 3.90. The van der Waals surface area contributed by atoms with Crippen molar-refractivity contribution in [3.8, 4) is 0 Å². The summed E-state index contributed by atoms with van der Waals surface area (Å²) >= 11 is 0. The molecular formula is C14H28O2. The van der Waals surface area contributed by atoms with E-state index in [2.05, 4.69) is 20.8 Å². The molecule has 0 amide bonds. The van der Waals surface area contributed by atoms with Crippen LogP contribution in [0.2, 0.25) is 0 Å². The Bertz CT molecular complexity index is 191. The Morgan fingerprint density at radius 1 is 1.31 bits per heavy atom. The molecule has 0 bridgehead atoms. The third-order valence-corrected chi connectivity index (χ3v) is 4.16. The second-order valence-corrected chi connectivity index (χ2v) is 5.57. The maximum absolute atomic E-state index is 9.47. The Kier molecular flexibility index (Phi) is 5.77. The van der Waals surface area contributed by atoms with Crippen LogP contribution >= 0.6 is 0 Å². The second-order valence-electron chi connectivity index (χ2n) is 5.57. The van der Waals surface area contributed by atoms with E-state index in [0.29, 0.717) is 24.4 Å². The zero-order valence-corrected chi connectivity index (χ0v) is 11.3. The van der Waals surface area contributed by atoms with Crippen LogP contribution in [0.3, 0.4) is 0 Å². The fourth-order valence-electron chi connectivity index (χ4n) is 3.59. The third-order valence-electron chi connectivity index (χ3n) is 4.16. The molecule has 1 aliphatic carbocycles. The van der Waals surface area contributed by atoms with Crippen molar-refractivity contribution < 1.29 is 9.84 Å². The van der Waals surface area contributed by atoms with Gasteiger partial charge in [-0.25, -0.2) is 0 Å². The summed E-state index contributed by atoms with van der Waals surface area (Å²) < 4.78 is 5.71. The van der Waals surface area contributed by atoms with Gasteiger partial charge in [-0.2, -0.15) is 0 Å². The van der Waals surface area contributed by atoms with Crippen molar-refractivity contribution >= 4 is 0 Å². The van der Waals surface area contributed by atoms with Gasteiger partial charge in [-0.3, -0.25) is 0 Å². The monoisotopic (exact) mass is 228 g/mol. The fourth-order valence-corrected chi connectivity index (χ4v) is 3.59. The smallest absolute Gasteiger partial charge is 0.0836 e. The van der Waals surface area contributed by atoms with Crippen molar-refractivity contribution in [3.63, 3.8) is 0 Å². The molecule has 0 saturated heterocycles. The van der Waals surface area contributed by atoms with E-state index < -0.39 is 0 Å². The first-order chi connectivity index (χ1) is 7.61. The van der Waals surface area contributed by atoms with Crippen LogP contribution in [0, 0.1) is 23.7 Å². The summed E-state index contributed by atoms with van der Waals surface area (Å²) in [6.45, 7) is 9.87. The minimum Gasteiger partial charge on any atom is -0.394 e. The zero-order valence-electron chi connectivity index (χ0n) is 11.3. The zero-order chi connectivity index (χ0) is 12.1. The number of rotatable bonds is 5. The van der Waals surface area contributed by atoms with Crippen molar-refractivity contribution in [1.82, 2.24) is 0 Å². The predicted octanol–water partition coefficient (Wildman–Crippen LogP) is 3.09. The second kappa shape index (κ2) is 6.61. The van der Waals surface area contributed by atoms with Gasteiger partial charge in [0.25, 0.3) is 0 Å². The Balaban J connectivity index is 2.72. The van der Waals surface area contributed by atoms with E-state index >= 15 is 0 Å². The van der Waals surface area contributed by atoms with Crippen LogP contribution in [0.1, 0.15) is 47.0 Å². The maximum Gasteiger partial charge on any atom is 0.0836 e. The first-order valence-electron chi connectivity index (χ1n) is 6.84. The Morgan fingerprint density at radius 2 is 2.00 bits per heavy atom. The lowest BCUT2D eigenvalue weighted by molar-refractivity contribution is -0.0644. The molecule has 16 heavy (non-hydrogen) atoms. The van der Waals surface area contributed by atoms with Crippen molar-refractivity contribution in [2.75, 3.05) is 13.2 Å². The van der Waals surface area contributed by atoms with Crippen LogP contribution in [-0.4, -0.2) is 24.4 Å². The van der Waals surface area contributed by atoms with E-state index in [9.17, 15) is 5.11 Å². The third kappa shape index (κ3) is 3.21. The average Bonchev–Trinajstić information content (AvgIpc) is 2.25. The Hall–Kier alpha value is -0.0800. The number of hydrogen-bond donors (Lipinski definition) is 1. The van der Waals surface area contributed by atoms with Crippen molar-refractivity contribution in [1.29, 1.82) is 0 Å². The van der Waals surface area contributed by atoms with Gasteiger partial charge < -0.3 is 9.84 Å². The number of ether oxygens (including phenoxy) is 1. The minimum absolute atomic E-state index is 0.0557. The van der Waals surface area contributed by atoms with Gasteiger partial charge in [0.1, 0.15) is 0 Å². The molecule has 2 heteroatoms. The Labute approximate surface area is 100 Å². The standard InChI is InChI=1S/C14H28O2/c1-5-16-13(9-15)12-8-6-7-11(4)14(12)10(2)3/h10-15H,5-9H2,1-4H3. The summed E-state index contributed by atoms with van der Waals surface area (Å²) in [6, 6.07) is 0. The molecule has 4 unspecified atom stereocenters. The van der Waals surface area contributed by atoms with Gasteiger partial charge in [0.05, 0.1) is 12.7 Å². The van der Waals surface area contributed by atoms with Gasteiger partial charge in [0, 0.05) is 6.61 Å². The van der Waals surface area contributed by atoms with E-state index in [4.69, 9.17) is 4.74 Å². The largest absolute Gasteiger partial charge is 0.394 e. The maximum atomic E-state index is 9.47. The lowest BCUT2D eigenvalue weighted by Crippen LogP contribution is -2.40. The molecule has 0 heterocycles. The van der Waals surface area contributed by atoms with Gasteiger partial charge >= 0.3 is 0 Å². The van der Waals surface area contributed by atoms with E-state index in [1.807, 2.05) is 6.92 Å². The Morgan fingerprint density at radius 3 is 2.50 bits per heavy atom. The first-order valence-corrected chi connectivity index (χ1v) is 6.84. The van der Waals surface area contributed by atoms with Crippen molar-refractivity contribution in [2.24, 2.45) is 23.7 Å². The van der Waals surface area contributed by atoms with E-state index in [1.54, 1.807) is 0 Å². The van der Waals surface area contributed by atoms with Crippen LogP contribution < -0.4 is 0 Å². The fraction of sp³-hybridized carbons (Fsp3) is 1.00. The quantitative estimate of drug-likeness (QED) is 0.783. The van der Waals surface area contributed by atoms with Gasteiger partial charge in [-0.1, -0.05) is 33.6 Å². The SMILES string of the molecule is CCOC(CO)C1CCCC(C)C1C(C)C. The number of aliphatic hydroxyl groups is 1. The van der Waals surface area contributed by atoms with Crippen LogP contribution in [0.4, 0.5) is 0 Å². The summed E-state index contributed by atoms with van der Waals surface area (Å²) in [7, 11) is 0. The molecule has 0 aromatic heterocycles. The van der Waals surface area contributed by atoms with Gasteiger partial charge in [-0.05, 0) is 37.0 Å². The van der Waals surface area contributed by atoms with E-state index in [0.717, 1.165) is 5.92 Å². The topological polar surface area (TPSA) is 29.5 Å². The molecule has 4 atom stereocenters. The molecule has 0 aromatic rings. The molecule has 0 aliphatic heterocycles. The highest BCUT2D eigenvalue weighted by Gasteiger charge is 2.37. The predicted molar refractivity (Wildman–Crippen MR) is 67.3 cm³/mol. The molecule has 2 nitrogen and oxygen atoms in total.